The second-order valence-corrected chi connectivity index (χ2v) is 5.73. The third-order valence-electron chi connectivity index (χ3n) is 4.00. The first-order chi connectivity index (χ1) is 11.1. The van der Waals surface area contributed by atoms with Crippen molar-refractivity contribution in [2.45, 2.75) is 25.8 Å². The summed E-state index contributed by atoms with van der Waals surface area (Å²) < 4.78 is 4.91. The number of carbonyl (C=O) groups is 2. The lowest BCUT2D eigenvalue weighted by molar-refractivity contribution is 0.0697. The Balaban J connectivity index is 1.52. The average Bonchev–Trinajstić information content (AvgIpc) is 3.02. The van der Waals surface area contributed by atoms with Crippen LogP contribution in [0.2, 0.25) is 0 Å². The van der Waals surface area contributed by atoms with E-state index < -0.39 is 0 Å². The summed E-state index contributed by atoms with van der Waals surface area (Å²) in [4.78, 5) is 26.2. The molecule has 1 aliphatic rings. The zero-order valence-corrected chi connectivity index (χ0v) is 13.0. The maximum absolute atomic E-state index is 12.4. The largest absolute Gasteiger partial charge is 0.361 e. The molecule has 0 saturated carbocycles. The van der Waals surface area contributed by atoms with Gasteiger partial charge in [0, 0.05) is 30.8 Å². The van der Waals surface area contributed by atoms with Gasteiger partial charge in [-0.15, -0.1) is 0 Å². The zero-order valence-electron chi connectivity index (χ0n) is 13.0. The highest BCUT2D eigenvalue weighted by atomic mass is 16.5. The van der Waals surface area contributed by atoms with Crippen LogP contribution in [0.1, 0.15) is 39.4 Å². The molecule has 3 rings (SSSR count). The third kappa shape index (κ3) is 3.59. The average molecular weight is 313 g/mol. The van der Waals surface area contributed by atoms with E-state index in [0.29, 0.717) is 30.1 Å². The molecule has 2 amide bonds. The molecule has 0 atom stereocenters. The van der Waals surface area contributed by atoms with Crippen LogP contribution in [0, 0.1) is 6.92 Å². The van der Waals surface area contributed by atoms with E-state index in [1.54, 1.807) is 13.0 Å². The predicted molar refractivity (Wildman–Crippen MR) is 84.1 cm³/mol. The first-order valence-corrected chi connectivity index (χ1v) is 7.72. The Morgan fingerprint density at radius 3 is 2.52 bits per heavy atom. The number of nitrogens with zero attached hydrogens (tertiary/aromatic N) is 2. The van der Waals surface area contributed by atoms with Crippen molar-refractivity contribution in [3.8, 4) is 0 Å². The number of nitrogens with one attached hydrogen (secondary N) is 1. The molecule has 120 valence electrons. The van der Waals surface area contributed by atoms with Crippen molar-refractivity contribution in [1.82, 2.24) is 15.4 Å². The first kappa shape index (κ1) is 15.3. The van der Waals surface area contributed by atoms with Gasteiger partial charge < -0.3 is 14.7 Å². The second kappa shape index (κ2) is 6.64. The Labute approximate surface area is 134 Å². The Kier molecular flexibility index (Phi) is 4.41. The summed E-state index contributed by atoms with van der Waals surface area (Å²) in [6.07, 6.45) is 1.47. The van der Waals surface area contributed by atoms with E-state index in [1.807, 2.05) is 35.2 Å². The number of benzene rings is 1. The summed E-state index contributed by atoms with van der Waals surface area (Å²) in [5, 5.41) is 6.66. The number of likely N-dealkylation sites (tertiary alicyclic amines) is 1. The molecule has 23 heavy (non-hydrogen) atoms. The van der Waals surface area contributed by atoms with E-state index in [4.69, 9.17) is 4.52 Å². The Morgan fingerprint density at radius 2 is 1.91 bits per heavy atom. The summed E-state index contributed by atoms with van der Waals surface area (Å²) in [6.45, 7) is 3.02. The van der Waals surface area contributed by atoms with Crippen molar-refractivity contribution in [2.75, 3.05) is 13.1 Å². The molecule has 2 aromatic rings. The minimum Gasteiger partial charge on any atom is -0.361 e. The number of carbonyl (C=O) groups excluding carboxylic acids is 2. The molecule has 1 aromatic heterocycles. The van der Waals surface area contributed by atoms with E-state index in [1.165, 1.54) is 0 Å². The lowest BCUT2D eigenvalue weighted by Crippen LogP contribution is -2.46. The molecule has 1 N–H and O–H groups in total. The van der Waals surface area contributed by atoms with Gasteiger partial charge in [-0.2, -0.15) is 0 Å². The first-order valence-electron chi connectivity index (χ1n) is 7.72. The van der Waals surface area contributed by atoms with Crippen molar-refractivity contribution in [1.29, 1.82) is 0 Å². The van der Waals surface area contributed by atoms with Gasteiger partial charge >= 0.3 is 0 Å². The minimum atomic E-state index is -0.227. The van der Waals surface area contributed by atoms with Crippen LogP contribution in [0.4, 0.5) is 0 Å². The van der Waals surface area contributed by atoms with E-state index >= 15 is 0 Å². The number of hydrogen-bond acceptors (Lipinski definition) is 4. The predicted octanol–water partition coefficient (Wildman–Crippen LogP) is 2.02. The molecule has 1 saturated heterocycles. The van der Waals surface area contributed by atoms with Gasteiger partial charge in [0.25, 0.3) is 11.8 Å². The minimum absolute atomic E-state index is 0.0440. The molecular weight excluding hydrogens is 294 g/mol. The third-order valence-corrected chi connectivity index (χ3v) is 4.00. The van der Waals surface area contributed by atoms with Crippen molar-refractivity contribution >= 4 is 11.8 Å². The van der Waals surface area contributed by atoms with Crippen LogP contribution in [-0.2, 0) is 0 Å². The fourth-order valence-corrected chi connectivity index (χ4v) is 2.72. The lowest BCUT2D eigenvalue weighted by atomic mass is 10.0. The van der Waals surface area contributed by atoms with E-state index in [-0.39, 0.29) is 17.9 Å². The number of hydrogen-bond donors (Lipinski definition) is 1. The quantitative estimate of drug-likeness (QED) is 0.940. The van der Waals surface area contributed by atoms with Gasteiger partial charge in [-0.05, 0) is 31.9 Å². The fourth-order valence-electron chi connectivity index (χ4n) is 2.72. The van der Waals surface area contributed by atoms with Crippen LogP contribution < -0.4 is 5.32 Å². The molecule has 1 aliphatic heterocycles. The van der Waals surface area contributed by atoms with Gasteiger partial charge in [0.2, 0.25) is 0 Å². The molecule has 6 nitrogen and oxygen atoms in total. The highest BCUT2D eigenvalue weighted by molar-refractivity contribution is 5.94. The van der Waals surface area contributed by atoms with E-state index in [9.17, 15) is 9.59 Å². The highest BCUT2D eigenvalue weighted by Gasteiger charge is 2.25. The van der Waals surface area contributed by atoms with Gasteiger partial charge in [-0.25, -0.2) is 0 Å². The molecule has 1 aromatic carbocycles. The van der Waals surface area contributed by atoms with Gasteiger partial charge in [0.05, 0.1) is 0 Å². The maximum Gasteiger partial charge on any atom is 0.273 e. The molecule has 0 spiro atoms. The highest BCUT2D eigenvalue weighted by Crippen LogP contribution is 2.14. The van der Waals surface area contributed by atoms with Crippen LogP contribution in [0.15, 0.2) is 40.9 Å². The number of amides is 2. The standard InChI is InChI=1S/C17H19N3O3/c1-12-11-15(19-23-12)16(21)18-14-7-9-20(10-8-14)17(22)13-5-3-2-4-6-13/h2-6,11,14H,7-10H2,1H3,(H,18,21). The number of aromatic nitrogens is 1. The molecule has 0 aliphatic carbocycles. The molecule has 0 bridgehead atoms. The van der Waals surface area contributed by atoms with Crippen LogP contribution in [-0.4, -0.2) is 41.0 Å². The van der Waals surface area contributed by atoms with Gasteiger partial charge in [-0.1, -0.05) is 23.4 Å². The lowest BCUT2D eigenvalue weighted by Gasteiger charge is -2.32. The Hall–Kier alpha value is -2.63. The Bertz CT molecular complexity index is 688. The maximum atomic E-state index is 12.4. The summed E-state index contributed by atoms with van der Waals surface area (Å²) >= 11 is 0. The van der Waals surface area contributed by atoms with Crippen molar-refractivity contribution in [2.24, 2.45) is 0 Å². The number of piperidine rings is 1. The number of rotatable bonds is 3. The van der Waals surface area contributed by atoms with Gasteiger partial charge in [0.15, 0.2) is 5.69 Å². The molecule has 0 unspecified atom stereocenters. The Morgan fingerprint density at radius 1 is 1.22 bits per heavy atom. The molecule has 1 fully saturated rings. The van der Waals surface area contributed by atoms with Crippen LogP contribution in [0.25, 0.3) is 0 Å². The summed E-state index contributed by atoms with van der Waals surface area (Å²) in [5.74, 6) is 0.426. The molecule has 6 heteroatoms. The van der Waals surface area contributed by atoms with Gasteiger partial charge in [-0.3, -0.25) is 9.59 Å². The smallest absolute Gasteiger partial charge is 0.273 e. The summed E-state index contributed by atoms with van der Waals surface area (Å²) in [7, 11) is 0. The summed E-state index contributed by atoms with van der Waals surface area (Å²) in [6, 6.07) is 10.9. The van der Waals surface area contributed by atoms with Crippen molar-refractivity contribution in [3.05, 3.63) is 53.4 Å². The topological polar surface area (TPSA) is 75.4 Å². The molecule has 0 radical (unpaired) electrons. The van der Waals surface area contributed by atoms with Crippen LogP contribution in [0.3, 0.4) is 0 Å². The SMILES string of the molecule is Cc1cc(C(=O)NC2CCN(C(=O)c3ccccc3)CC2)no1. The van der Waals surface area contributed by atoms with Crippen LogP contribution >= 0.6 is 0 Å². The molecular formula is C17H19N3O3. The number of aryl methyl sites for hydroxylation is 1. The van der Waals surface area contributed by atoms with Crippen LogP contribution in [0.5, 0.6) is 0 Å². The molecule has 2 heterocycles. The summed E-state index contributed by atoms with van der Waals surface area (Å²) in [5.41, 5.74) is 0.998. The monoisotopic (exact) mass is 313 g/mol. The fraction of sp³-hybridized carbons (Fsp3) is 0.353. The zero-order chi connectivity index (χ0) is 16.2. The second-order valence-electron chi connectivity index (χ2n) is 5.73. The normalized spacial score (nSPS) is 15.4. The van der Waals surface area contributed by atoms with E-state index in [2.05, 4.69) is 10.5 Å². The van der Waals surface area contributed by atoms with Gasteiger partial charge in [0.1, 0.15) is 5.76 Å². The van der Waals surface area contributed by atoms with Crippen molar-refractivity contribution < 1.29 is 14.1 Å². The van der Waals surface area contributed by atoms with Crippen molar-refractivity contribution in [3.63, 3.8) is 0 Å². The van der Waals surface area contributed by atoms with E-state index in [0.717, 1.165) is 12.8 Å².